The highest BCUT2D eigenvalue weighted by molar-refractivity contribution is 5.81. The molecule has 1 saturated carbocycles. The molecule has 11 heavy (non-hydrogen) atoms. The second kappa shape index (κ2) is 3.86. The number of ether oxygens (including phenoxy) is 1. The monoisotopic (exact) mass is 156 g/mol. The molecule has 0 heterocycles. The second-order valence-corrected chi connectivity index (χ2v) is 3.20. The Bertz CT molecular complexity index is 142. The minimum Gasteiger partial charge on any atom is -0.381 e. The predicted molar refractivity (Wildman–Crippen MR) is 43.4 cm³/mol. The van der Waals surface area contributed by atoms with Crippen LogP contribution in [0.3, 0.4) is 0 Å². The summed E-state index contributed by atoms with van der Waals surface area (Å²) in [6, 6.07) is 0. The van der Waals surface area contributed by atoms with E-state index in [1.807, 2.05) is 0 Å². The zero-order chi connectivity index (χ0) is 8.27. The molecule has 2 unspecified atom stereocenters. The van der Waals surface area contributed by atoms with E-state index < -0.39 is 0 Å². The second-order valence-electron chi connectivity index (χ2n) is 3.20. The number of methoxy groups -OCH3 is 1. The normalized spacial score (nSPS) is 32.4. The molecule has 0 radical (unpaired) electrons. The van der Waals surface area contributed by atoms with Crippen molar-refractivity contribution in [2.45, 2.75) is 38.7 Å². The summed E-state index contributed by atoms with van der Waals surface area (Å²) in [6.45, 7) is 2.07. The molecule has 0 amide bonds. The van der Waals surface area contributed by atoms with Crippen molar-refractivity contribution < 1.29 is 9.53 Å². The molecule has 0 N–H and O–H groups in total. The van der Waals surface area contributed by atoms with E-state index in [1.54, 1.807) is 7.11 Å². The van der Waals surface area contributed by atoms with Gasteiger partial charge in [0, 0.05) is 19.4 Å². The van der Waals surface area contributed by atoms with Crippen molar-refractivity contribution in [3.05, 3.63) is 0 Å². The Balaban J connectivity index is 2.44. The van der Waals surface area contributed by atoms with Crippen LogP contribution < -0.4 is 0 Å². The Hall–Kier alpha value is -0.370. The maximum absolute atomic E-state index is 11.2. The first-order chi connectivity index (χ1) is 5.27. The molecule has 0 aromatic rings. The van der Waals surface area contributed by atoms with Gasteiger partial charge in [0.2, 0.25) is 0 Å². The lowest BCUT2D eigenvalue weighted by molar-refractivity contribution is -0.127. The molecule has 1 fully saturated rings. The number of Topliss-reactive ketones (excluding diaryl/α,β-unsaturated/α-hetero) is 1. The average molecular weight is 156 g/mol. The Morgan fingerprint density at radius 1 is 1.64 bits per heavy atom. The standard InChI is InChI=1S/C9H16O2/c1-3-7-6-8(11-2)4-5-9(7)10/h7-8H,3-6H2,1-2H3. The smallest absolute Gasteiger partial charge is 0.136 e. The molecule has 0 aromatic carbocycles. The molecule has 2 nitrogen and oxygen atoms in total. The first kappa shape index (κ1) is 8.72. The fourth-order valence-electron chi connectivity index (χ4n) is 1.68. The Morgan fingerprint density at radius 2 is 2.36 bits per heavy atom. The molecule has 0 saturated heterocycles. The van der Waals surface area contributed by atoms with Gasteiger partial charge in [0.15, 0.2) is 0 Å². The first-order valence-electron chi connectivity index (χ1n) is 4.33. The van der Waals surface area contributed by atoms with Crippen LogP contribution in [0.1, 0.15) is 32.6 Å². The lowest BCUT2D eigenvalue weighted by atomic mass is 9.84. The van der Waals surface area contributed by atoms with Crippen molar-refractivity contribution in [2.24, 2.45) is 5.92 Å². The van der Waals surface area contributed by atoms with Crippen LogP contribution in [0.15, 0.2) is 0 Å². The SMILES string of the molecule is CCC1CC(OC)CCC1=O. The fourth-order valence-corrected chi connectivity index (χ4v) is 1.68. The lowest BCUT2D eigenvalue weighted by Crippen LogP contribution is -2.28. The molecular formula is C9H16O2. The van der Waals surface area contributed by atoms with Crippen molar-refractivity contribution in [1.29, 1.82) is 0 Å². The van der Waals surface area contributed by atoms with Gasteiger partial charge in [-0.25, -0.2) is 0 Å². The highest BCUT2D eigenvalue weighted by atomic mass is 16.5. The quantitative estimate of drug-likeness (QED) is 0.609. The van der Waals surface area contributed by atoms with Crippen molar-refractivity contribution in [1.82, 2.24) is 0 Å². The van der Waals surface area contributed by atoms with Crippen molar-refractivity contribution in [2.75, 3.05) is 7.11 Å². The van der Waals surface area contributed by atoms with Gasteiger partial charge in [-0.1, -0.05) is 6.92 Å². The Morgan fingerprint density at radius 3 is 2.91 bits per heavy atom. The number of rotatable bonds is 2. The van der Waals surface area contributed by atoms with Crippen LogP contribution in [0.2, 0.25) is 0 Å². The number of ketones is 1. The van der Waals surface area contributed by atoms with Crippen LogP contribution in [0.4, 0.5) is 0 Å². The largest absolute Gasteiger partial charge is 0.381 e. The van der Waals surface area contributed by atoms with Crippen LogP contribution in [0, 0.1) is 5.92 Å². The molecule has 2 atom stereocenters. The molecule has 2 heteroatoms. The third kappa shape index (κ3) is 2.03. The van der Waals surface area contributed by atoms with E-state index in [9.17, 15) is 4.79 Å². The molecule has 1 aliphatic rings. The zero-order valence-corrected chi connectivity index (χ0v) is 7.30. The van der Waals surface area contributed by atoms with Crippen molar-refractivity contribution in [3.8, 4) is 0 Å². The van der Waals surface area contributed by atoms with Gasteiger partial charge >= 0.3 is 0 Å². The van der Waals surface area contributed by atoms with Crippen LogP contribution >= 0.6 is 0 Å². The average Bonchev–Trinajstić information content (AvgIpc) is 2.05. The highest BCUT2D eigenvalue weighted by Gasteiger charge is 2.26. The van der Waals surface area contributed by atoms with Gasteiger partial charge in [0.1, 0.15) is 5.78 Å². The van der Waals surface area contributed by atoms with Gasteiger partial charge in [-0.05, 0) is 19.3 Å². The third-order valence-corrected chi connectivity index (χ3v) is 2.54. The maximum Gasteiger partial charge on any atom is 0.136 e. The number of carbonyl (C=O) groups excluding carboxylic acids is 1. The molecule has 0 aromatic heterocycles. The van der Waals surface area contributed by atoms with E-state index in [1.165, 1.54) is 0 Å². The predicted octanol–water partition coefficient (Wildman–Crippen LogP) is 1.78. The summed E-state index contributed by atoms with van der Waals surface area (Å²) in [6.07, 6.45) is 3.88. The van der Waals surface area contributed by atoms with Gasteiger partial charge in [0.25, 0.3) is 0 Å². The van der Waals surface area contributed by atoms with Gasteiger partial charge < -0.3 is 4.74 Å². The Kier molecular flexibility index (Phi) is 3.06. The minimum atomic E-state index is 0.272. The van der Waals surface area contributed by atoms with E-state index in [2.05, 4.69) is 6.92 Å². The molecule has 1 rings (SSSR count). The van der Waals surface area contributed by atoms with Crippen LogP contribution in [0.5, 0.6) is 0 Å². The van der Waals surface area contributed by atoms with Crippen LogP contribution in [0.25, 0.3) is 0 Å². The summed E-state index contributed by atoms with van der Waals surface area (Å²) in [5.41, 5.74) is 0. The van der Waals surface area contributed by atoms with E-state index in [0.29, 0.717) is 11.9 Å². The molecule has 64 valence electrons. The van der Waals surface area contributed by atoms with Gasteiger partial charge in [-0.3, -0.25) is 4.79 Å². The zero-order valence-electron chi connectivity index (χ0n) is 7.30. The summed E-state index contributed by atoms with van der Waals surface area (Å²) in [4.78, 5) is 11.2. The first-order valence-corrected chi connectivity index (χ1v) is 4.33. The van der Waals surface area contributed by atoms with Crippen LogP contribution in [-0.2, 0) is 9.53 Å². The molecule has 1 aliphatic carbocycles. The molecule has 0 aliphatic heterocycles. The number of hydrogen-bond donors (Lipinski definition) is 0. The van der Waals surface area contributed by atoms with Gasteiger partial charge in [-0.15, -0.1) is 0 Å². The number of hydrogen-bond acceptors (Lipinski definition) is 2. The van der Waals surface area contributed by atoms with Gasteiger partial charge in [-0.2, -0.15) is 0 Å². The summed E-state index contributed by atoms with van der Waals surface area (Å²) < 4.78 is 5.22. The topological polar surface area (TPSA) is 26.3 Å². The molecular weight excluding hydrogens is 140 g/mol. The summed E-state index contributed by atoms with van der Waals surface area (Å²) in [5.74, 6) is 0.703. The lowest BCUT2D eigenvalue weighted by Gasteiger charge is -2.25. The minimum absolute atomic E-state index is 0.272. The summed E-state index contributed by atoms with van der Waals surface area (Å²) >= 11 is 0. The van der Waals surface area contributed by atoms with Crippen molar-refractivity contribution in [3.63, 3.8) is 0 Å². The van der Waals surface area contributed by atoms with Crippen LogP contribution in [-0.4, -0.2) is 19.0 Å². The Labute approximate surface area is 67.9 Å². The summed E-state index contributed by atoms with van der Waals surface area (Å²) in [5, 5.41) is 0. The van der Waals surface area contributed by atoms with Gasteiger partial charge in [0.05, 0.1) is 6.10 Å². The number of carbonyl (C=O) groups is 1. The fraction of sp³-hybridized carbons (Fsp3) is 0.889. The summed E-state index contributed by atoms with van der Waals surface area (Å²) in [7, 11) is 1.73. The maximum atomic E-state index is 11.2. The molecule has 0 spiro atoms. The molecule has 0 bridgehead atoms. The third-order valence-electron chi connectivity index (χ3n) is 2.54. The highest BCUT2D eigenvalue weighted by Crippen LogP contribution is 2.25. The van der Waals surface area contributed by atoms with Crippen molar-refractivity contribution >= 4 is 5.78 Å². The van der Waals surface area contributed by atoms with E-state index in [-0.39, 0.29) is 5.92 Å². The van der Waals surface area contributed by atoms with E-state index >= 15 is 0 Å². The van der Waals surface area contributed by atoms with E-state index in [0.717, 1.165) is 25.7 Å². The van der Waals surface area contributed by atoms with E-state index in [4.69, 9.17) is 4.74 Å².